The lowest BCUT2D eigenvalue weighted by Gasteiger charge is -2.35. The standard InChI is InChI=1S/C25H26ClN5O4/c1-35-25(34)19-9-5-6-10-20(19)31-24(33)23(26)21(16-28-31)30-13-11-29(12-14-30)17-22(32)27-15-18-7-3-2-4-8-18/h2-10,16H,11-15,17H2,1H3,(H,27,32). The molecule has 0 radical (unpaired) electrons. The fourth-order valence-electron chi connectivity index (χ4n) is 3.96. The van der Waals surface area contributed by atoms with Crippen molar-refractivity contribution in [1.29, 1.82) is 0 Å². The largest absolute Gasteiger partial charge is 0.465 e. The molecule has 182 valence electrons. The van der Waals surface area contributed by atoms with Crippen LogP contribution in [0.5, 0.6) is 0 Å². The molecule has 3 aromatic rings. The Bertz CT molecular complexity index is 1260. The van der Waals surface area contributed by atoms with Gasteiger partial charge in [-0.05, 0) is 17.7 Å². The molecule has 0 unspecified atom stereocenters. The molecule has 0 saturated carbocycles. The summed E-state index contributed by atoms with van der Waals surface area (Å²) in [5.74, 6) is -0.604. The zero-order chi connectivity index (χ0) is 24.8. The summed E-state index contributed by atoms with van der Waals surface area (Å²) in [6.45, 7) is 3.27. The lowest BCUT2D eigenvalue weighted by molar-refractivity contribution is -0.122. The molecule has 10 heteroatoms. The molecule has 0 bridgehead atoms. The number of benzene rings is 2. The number of amides is 1. The van der Waals surface area contributed by atoms with Gasteiger partial charge in [0.05, 0.1) is 36.8 Å². The SMILES string of the molecule is COC(=O)c1ccccc1-n1ncc(N2CCN(CC(=O)NCc3ccccc3)CC2)c(Cl)c1=O. The monoisotopic (exact) mass is 495 g/mol. The Balaban J connectivity index is 1.39. The number of piperazine rings is 1. The van der Waals surface area contributed by atoms with E-state index in [1.165, 1.54) is 13.3 Å². The van der Waals surface area contributed by atoms with Gasteiger partial charge in [-0.2, -0.15) is 9.78 Å². The maximum atomic E-state index is 13.0. The zero-order valence-electron chi connectivity index (χ0n) is 19.3. The van der Waals surface area contributed by atoms with Crippen LogP contribution < -0.4 is 15.8 Å². The Labute approximate surface area is 207 Å². The van der Waals surface area contributed by atoms with Crippen molar-refractivity contribution in [3.63, 3.8) is 0 Å². The van der Waals surface area contributed by atoms with Gasteiger partial charge < -0.3 is 15.0 Å². The molecule has 1 saturated heterocycles. The molecule has 9 nitrogen and oxygen atoms in total. The van der Waals surface area contributed by atoms with Gasteiger partial charge in [0.15, 0.2) is 0 Å². The topological polar surface area (TPSA) is 96.8 Å². The first-order valence-electron chi connectivity index (χ1n) is 11.2. The van der Waals surface area contributed by atoms with Gasteiger partial charge in [-0.3, -0.25) is 14.5 Å². The summed E-state index contributed by atoms with van der Waals surface area (Å²) in [6, 6.07) is 16.3. The molecule has 1 aliphatic heterocycles. The maximum Gasteiger partial charge on any atom is 0.340 e. The molecule has 1 aliphatic rings. The lowest BCUT2D eigenvalue weighted by Crippen LogP contribution is -2.49. The van der Waals surface area contributed by atoms with Gasteiger partial charge >= 0.3 is 5.97 Å². The highest BCUT2D eigenvalue weighted by atomic mass is 35.5. The second kappa shape index (κ2) is 11.2. The second-order valence-corrected chi connectivity index (χ2v) is 8.47. The summed E-state index contributed by atoms with van der Waals surface area (Å²) in [6.07, 6.45) is 1.53. The Hall–Kier alpha value is -3.69. The van der Waals surface area contributed by atoms with Crippen molar-refractivity contribution in [3.05, 3.63) is 87.3 Å². The number of nitrogens with zero attached hydrogens (tertiary/aromatic N) is 4. The van der Waals surface area contributed by atoms with Crippen molar-refractivity contribution >= 4 is 29.2 Å². The zero-order valence-corrected chi connectivity index (χ0v) is 20.1. The third-order valence-electron chi connectivity index (χ3n) is 5.85. The third-order valence-corrected chi connectivity index (χ3v) is 6.21. The van der Waals surface area contributed by atoms with Gasteiger partial charge in [0.25, 0.3) is 5.56 Å². The van der Waals surface area contributed by atoms with Crippen molar-refractivity contribution in [2.24, 2.45) is 0 Å². The number of para-hydroxylation sites is 1. The highest BCUT2D eigenvalue weighted by Gasteiger charge is 2.23. The van der Waals surface area contributed by atoms with Gasteiger partial charge in [0, 0.05) is 32.7 Å². The smallest absolute Gasteiger partial charge is 0.340 e. The number of hydrogen-bond acceptors (Lipinski definition) is 7. The van der Waals surface area contributed by atoms with Crippen LogP contribution in [-0.2, 0) is 16.1 Å². The first-order chi connectivity index (χ1) is 17.0. The van der Waals surface area contributed by atoms with Crippen LogP contribution in [0.2, 0.25) is 5.02 Å². The minimum atomic E-state index is -0.571. The summed E-state index contributed by atoms with van der Waals surface area (Å²) >= 11 is 6.46. The normalized spacial score (nSPS) is 13.9. The summed E-state index contributed by atoms with van der Waals surface area (Å²) < 4.78 is 5.91. The van der Waals surface area contributed by atoms with E-state index >= 15 is 0 Å². The molecule has 1 N–H and O–H groups in total. The Morgan fingerprint density at radius 1 is 1.00 bits per heavy atom. The number of halogens is 1. The quantitative estimate of drug-likeness (QED) is 0.501. The maximum absolute atomic E-state index is 13.0. The Kier molecular flexibility index (Phi) is 7.79. The first-order valence-corrected chi connectivity index (χ1v) is 11.6. The van der Waals surface area contributed by atoms with Gasteiger partial charge in [-0.25, -0.2) is 4.79 Å². The van der Waals surface area contributed by atoms with Crippen LogP contribution in [0.25, 0.3) is 5.69 Å². The van der Waals surface area contributed by atoms with E-state index in [4.69, 9.17) is 16.3 Å². The van der Waals surface area contributed by atoms with Crippen LogP contribution in [0.1, 0.15) is 15.9 Å². The number of nitrogens with one attached hydrogen (secondary N) is 1. The summed E-state index contributed by atoms with van der Waals surface area (Å²) in [5, 5.41) is 7.24. The predicted octanol–water partition coefficient (Wildman–Crippen LogP) is 2.11. The molecule has 0 atom stereocenters. The van der Waals surface area contributed by atoms with Crippen LogP contribution in [0.15, 0.2) is 65.6 Å². The summed E-state index contributed by atoms with van der Waals surface area (Å²) in [4.78, 5) is 41.5. The number of aromatic nitrogens is 2. The van der Waals surface area contributed by atoms with E-state index in [0.29, 0.717) is 50.6 Å². The molecule has 1 amide bonds. The molecule has 0 spiro atoms. The van der Waals surface area contributed by atoms with Crippen LogP contribution in [0.4, 0.5) is 5.69 Å². The van der Waals surface area contributed by atoms with Crippen molar-refractivity contribution in [3.8, 4) is 5.69 Å². The molecular weight excluding hydrogens is 470 g/mol. The molecule has 1 fully saturated rings. The van der Waals surface area contributed by atoms with Crippen LogP contribution in [0, 0.1) is 0 Å². The minimum absolute atomic E-state index is 0.0220. The van der Waals surface area contributed by atoms with E-state index in [9.17, 15) is 14.4 Å². The van der Waals surface area contributed by atoms with Gasteiger partial charge in [-0.15, -0.1) is 0 Å². The molecule has 1 aromatic heterocycles. The van der Waals surface area contributed by atoms with Crippen molar-refractivity contribution in [2.75, 3.05) is 44.7 Å². The first kappa shape index (κ1) is 24.4. The molecule has 4 rings (SSSR count). The summed E-state index contributed by atoms with van der Waals surface area (Å²) in [7, 11) is 1.28. The van der Waals surface area contributed by atoms with Crippen LogP contribution >= 0.6 is 11.6 Å². The Morgan fingerprint density at radius 2 is 1.69 bits per heavy atom. The van der Waals surface area contributed by atoms with E-state index in [-0.39, 0.29) is 16.5 Å². The van der Waals surface area contributed by atoms with Gasteiger partial charge in [-0.1, -0.05) is 54.1 Å². The fraction of sp³-hybridized carbons (Fsp3) is 0.280. The van der Waals surface area contributed by atoms with E-state index in [1.54, 1.807) is 24.3 Å². The summed E-state index contributed by atoms with van der Waals surface area (Å²) in [5.41, 5.74) is 1.56. The third kappa shape index (κ3) is 5.70. The molecule has 2 heterocycles. The predicted molar refractivity (Wildman–Crippen MR) is 133 cm³/mol. The number of carbonyl (C=O) groups is 2. The Morgan fingerprint density at radius 3 is 2.40 bits per heavy atom. The molecule has 0 aliphatic carbocycles. The van der Waals surface area contributed by atoms with Crippen molar-refractivity contribution in [1.82, 2.24) is 20.0 Å². The van der Waals surface area contributed by atoms with E-state index < -0.39 is 11.5 Å². The van der Waals surface area contributed by atoms with E-state index in [2.05, 4.69) is 15.3 Å². The molecule has 2 aromatic carbocycles. The highest BCUT2D eigenvalue weighted by molar-refractivity contribution is 6.33. The average molecular weight is 496 g/mol. The lowest BCUT2D eigenvalue weighted by atomic mass is 10.2. The molecular formula is C25H26ClN5O4. The van der Waals surface area contributed by atoms with E-state index in [1.807, 2.05) is 35.2 Å². The van der Waals surface area contributed by atoms with Crippen molar-refractivity contribution in [2.45, 2.75) is 6.54 Å². The molecule has 35 heavy (non-hydrogen) atoms. The van der Waals surface area contributed by atoms with Crippen LogP contribution in [-0.4, -0.2) is 66.4 Å². The second-order valence-electron chi connectivity index (χ2n) is 8.10. The van der Waals surface area contributed by atoms with Crippen molar-refractivity contribution < 1.29 is 14.3 Å². The number of methoxy groups -OCH3 is 1. The number of hydrogen-bond donors (Lipinski definition) is 1. The van der Waals surface area contributed by atoms with Gasteiger partial charge in [0.2, 0.25) is 5.91 Å². The number of rotatable bonds is 7. The average Bonchev–Trinajstić information content (AvgIpc) is 2.90. The van der Waals surface area contributed by atoms with Crippen LogP contribution in [0.3, 0.4) is 0 Å². The number of ether oxygens (including phenoxy) is 1. The van der Waals surface area contributed by atoms with Gasteiger partial charge in [0.1, 0.15) is 5.02 Å². The fourth-order valence-corrected chi connectivity index (χ4v) is 4.21. The van der Waals surface area contributed by atoms with E-state index in [0.717, 1.165) is 10.2 Å². The highest BCUT2D eigenvalue weighted by Crippen LogP contribution is 2.24. The number of esters is 1. The minimum Gasteiger partial charge on any atom is -0.465 e. The number of anilines is 1. The number of carbonyl (C=O) groups excluding carboxylic acids is 2.